The number of ether oxygens (including phenoxy) is 1. The molecule has 0 aromatic carbocycles. The number of thioether (sulfide) groups is 1. The van der Waals surface area contributed by atoms with Crippen molar-refractivity contribution in [1.29, 1.82) is 0 Å². The summed E-state index contributed by atoms with van der Waals surface area (Å²) in [7, 11) is 1.80. The molecule has 1 aromatic rings. The normalized spacial score (nSPS) is 17.7. The van der Waals surface area contributed by atoms with Crippen molar-refractivity contribution in [3.63, 3.8) is 0 Å². The fraction of sp³-hybridized carbons (Fsp3) is 0.600. The summed E-state index contributed by atoms with van der Waals surface area (Å²) in [5, 5.41) is 7.42. The molecule has 1 aliphatic heterocycles. The third-order valence-electron chi connectivity index (χ3n) is 3.32. The first-order chi connectivity index (χ1) is 10.3. The molecule has 0 bridgehead atoms. The number of rotatable bonds is 6. The molecule has 7 heteroatoms. The van der Waals surface area contributed by atoms with Gasteiger partial charge >= 0.3 is 0 Å². The van der Waals surface area contributed by atoms with Crippen molar-refractivity contribution in [1.82, 2.24) is 15.6 Å². The standard InChI is InChI=1S/C15H24N4OS.HI/c1-3-20-14-12(6-4-8-17-14)10-18-15(16-2)19-11-13-7-5-9-21-13;/h4,6,8,13H,3,5,7,9-11H2,1-2H3,(H2,16,18,19);1H. The quantitative estimate of drug-likeness (QED) is 0.408. The zero-order valence-electron chi connectivity index (χ0n) is 13.2. The summed E-state index contributed by atoms with van der Waals surface area (Å²) in [4.78, 5) is 8.52. The summed E-state index contributed by atoms with van der Waals surface area (Å²) in [6, 6.07) is 3.94. The molecule has 1 aliphatic rings. The molecule has 2 heterocycles. The Kier molecular flexibility index (Phi) is 9.61. The van der Waals surface area contributed by atoms with Crippen LogP contribution in [0.4, 0.5) is 0 Å². The lowest BCUT2D eigenvalue weighted by Crippen LogP contribution is -2.39. The minimum Gasteiger partial charge on any atom is -0.478 e. The average molecular weight is 436 g/mol. The van der Waals surface area contributed by atoms with Crippen LogP contribution in [0.2, 0.25) is 0 Å². The van der Waals surface area contributed by atoms with Crippen LogP contribution in [-0.2, 0) is 6.54 Å². The number of nitrogens with one attached hydrogen (secondary N) is 2. The van der Waals surface area contributed by atoms with Crippen molar-refractivity contribution in [3.8, 4) is 5.88 Å². The van der Waals surface area contributed by atoms with Crippen LogP contribution in [-0.4, -0.2) is 42.1 Å². The highest BCUT2D eigenvalue weighted by molar-refractivity contribution is 14.0. The lowest BCUT2D eigenvalue weighted by molar-refractivity contribution is 0.322. The van der Waals surface area contributed by atoms with E-state index in [1.54, 1.807) is 13.2 Å². The van der Waals surface area contributed by atoms with E-state index in [4.69, 9.17) is 4.74 Å². The molecular weight excluding hydrogens is 411 g/mol. The molecule has 0 spiro atoms. The summed E-state index contributed by atoms with van der Waals surface area (Å²) in [6.45, 7) is 4.21. The molecule has 0 aliphatic carbocycles. The number of guanidine groups is 1. The first-order valence-electron chi connectivity index (χ1n) is 7.46. The van der Waals surface area contributed by atoms with Crippen LogP contribution in [0.25, 0.3) is 0 Å². The second kappa shape index (κ2) is 10.9. The number of hydrogen-bond acceptors (Lipinski definition) is 4. The van der Waals surface area contributed by atoms with Gasteiger partial charge in [0.1, 0.15) is 0 Å². The predicted molar refractivity (Wildman–Crippen MR) is 105 cm³/mol. The van der Waals surface area contributed by atoms with Gasteiger partial charge < -0.3 is 15.4 Å². The molecule has 1 saturated heterocycles. The third-order valence-corrected chi connectivity index (χ3v) is 4.72. The van der Waals surface area contributed by atoms with E-state index in [1.807, 2.05) is 30.8 Å². The van der Waals surface area contributed by atoms with Crippen molar-refractivity contribution in [2.75, 3.05) is 26.0 Å². The highest BCUT2D eigenvalue weighted by Crippen LogP contribution is 2.25. The van der Waals surface area contributed by atoms with Gasteiger partial charge in [-0.2, -0.15) is 11.8 Å². The summed E-state index contributed by atoms with van der Waals surface area (Å²) >= 11 is 2.04. The van der Waals surface area contributed by atoms with Crippen LogP contribution >= 0.6 is 35.7 Å². The van der Waals surface area contributed by atoms with Gasteiger partial charge in [0.05, 0.1) is 6.61 Å². The number of aliphatic imine (C=N–C) groups is 1. The fourth-order valence-electron chi connectivity index (χ4n) is 2.24. The number of hydrogen-bond donors (Lipinski definition) is 2. The topological polar surface area (TPSA) is 58.5 Å². The minimum absolute atomic E-state index is 0. The summed E-state index contributed by atoms with van der Waals surface area (Å²) < 4.78 is 5.53. The van der Waals surface area contributed by atoms with E-state index in [9.17, 15) is 0 Å². The average Bonchev–Trinajstić information content (AvgIpc) is 3.02. The maximum Gasteiger partial charge on any atom is 0.218 e. The molecule has 1 unspecified atom stereocenters. The van der Waals surface area contributed by atoms with Gasteiger partial charge in [0.15, 0.2) is 5.96 Å². The highest BCUT2D eigenvalue weighted by atomic mass is 127. The van der Waals surface area contributed by atoms with E-state index in [2.05, 4.69) is 20.6 Å². The first-order valence-corrected chi connectivity index (χ1v) is 8.51. The van der Waals surface area contributed by atoms with Crippen LogP contribution in [0.1, 0.15) is 25.3 Å². The maximum atomic E-state index is 5.53. The molecule has 2 N–H and O–H groups in total. The van der Waals surface area contributed by atoms with Crippen LogP contribution in [0, 0.1) is 0 Å². The van der Waals surface area contributed by atoms with Gasteiger partial charge in [0.25, 0.3) is 0 Å². The maximum absolute atomic E-state index is 5.53. The molecular formula is C15H25IN4OS. The second-order valence-electron chi connectivity index (χ2n) is 4.84. The van der Waals surface area contributed by atoms with Gasteiger partial charge in [-0.1, -0.05) is 6.07 Å². The Morgan fingerprint density at radius 3 is 3.05 bits per heavy atom. The molecule has 1 fully saturated rings. The van der Waals surface area contributed by atoms with Crippen molar-refractivity contribution in [2.45, 2.75) is 31.6 Å². The number of aromatic nitrogens is 1. The van der Waals surface area contributed by atoms with Gasteiger partial charge in [-0.05, 0) is 31.6 Å². The Balaban J connectivity index is 0.00000242. The van der Waals surface area contributed by atoms with Gasteiger partial charge in [-0.3, -0.25) is 4.99 Å². The predicted octanol–water partition coefficient (Wildman–Crippen LogP) is 2.66. The third kappa shape index (κ3) is 6.20. The Morgan fingerprint density at radius 2 is 2.36 bits per heavy atom. The van der Waals surface area contributed by atoms with E-state index in [0.29, 0.717) is 24.3 Å². The SMILES string of the molecule is CCOc1ncccc1CNC(=NC)NCC1CCCS1.I. The molecule has 0 amide bonds. The molecule has 0 radical (unpaired) electrons. The van der Waals surface area contributed by atoms with E-state index in [-0.39, 0.29) is 24.0 Å². The van der Waals surface area contributed by atoms with Gasteiger partial charge in [0, 0.05) is 37.1 Å². The number of pyridine rings is 1. The van der Waals surface area contributed by atoms with Gasteiger partial charge in [-0.25, -0.2) is 4.98 Å². The minimum atomic E-state index is 0. The second-order valence-corrected chi connectivity index (χ2v) is 6.25. The lowest BCUT2D eigenvalue weighted by atomic mass is 10.2. The van der Waals surface area contributed by atoms with Crippen molar-refractivity contribution >= 4 is 41.7 Å². The van der Waals surface area contributed by atoms with Crippen LogP contribution in [0.15, 0.2) is 23.3 Å². The summed E-state index contributed by atoms with van der Waals surface area (Å²) in [6.07, 6.45) is 4.38. The zero-order chi connectivity index (χ0) is 14.9. The number of halogens is 1. The lowest BCUT2D eigenvalue weighted by Gasteiger charge is -2.15. The Hall–Kier alpha value is -0.700. The molecule has 1 atom stereocenters. The highest BCUT2D eigenvalue weighted by Gasteiger charge is 2.15. The molecule has 0 saturated carbocycles. The van der Waals surface area contributed by atoms with E-state index >= 15 is 0 Å². The van der Waals surface area contributed by atoms with E-state index < -0.39 is 0 Å². The Labute approximate surface area is 154 Å². The summed E-state index contributed by atoms with van der Waals surface area (Å²) in [5.74, 6) is 2.80. The van der Waals surface area contributed by atoms with Gasteiger partial charge in [-0.15, -0.1) is 24.0 Å². The smallest absolute Gasteiger partial charge is 0.218 e. The Bertz CT molecular complexity index is 467. The Morgan fingerprint density at radius 1 is 1.50 bits per heavy atom. The molecule has 1 aromatic heterocycles. The molecule has 5 nitrogen and oxygen atoms in total. The van der Waals surface area contributed by atoms with Crippen molar-refractivity contribution in [3.05, 3.63) is 23.9 Å². The molecule has 2 rings (SSSR count). The van der Waals surface area contributed by atoms with Crippen LogP contribution in [0.3, 0.4) is 0 Å². The first kappa shape index (κ1) is 19.3. The van der Waals surface area contributed by atoms with Crippen molar-refractivity contribution in [2.24, 2.45) is 4.99 Å². The number of nitrogens with zero attached hydrogens (tertiary/aromatic N) is 2. The molecule has 124 valence electrons. The fourth-order valence-corrected chi connectivity index (χ4v) is 3.44. The van der Waals surface area contributed by atoms with Crippen LogP contribution < -0.4 is 15.4 Å². The van der Waals surface area contributed by atoms with Crippen LogP contribution in [0.5, 0.6) is 5.88 Å². The molecule has 22 heavy (non-hydrogen) atoms. The monoisotopic (exact) mass is 436 g/mol. The largest absolute Gasteiger partial charge is 0.478 e. The van der Waals surface area contributed by atoms with E-state index in [1.165, 1.54) is 18.6 Å². The van der Waals surface area contributed by atoms with Crippen molar-refractivity contribution < 1.29 is 4.74 Å². The summed E-state index contributed by atoms with van der Waals surface area (Å²) in [5.41, 5.74) is 1.04. The van der Waals surface area contributed by atoms with E-state index in [0.717, 1.165) is 18.1 Å². The van der Waals surface area contributed by atoms with Gasteiger partial charge in [0.2, 0.25) is 5.88 Å². The zero-order valence-corrected chi connectivity index (χ0v) is 16.3.